The molecule has 2 N–H and O–H groups in total. The van der Waals surface area contributed by atoms with Crippen LogP contribution in [0.5, 0.6) is 0 Å². The smallest absolute Gasteiger partial charge is 0.0641 e. The van der Waals surface area contributed by atoms with Crippen LogP contribution in [0.4, 0.5) is 0 Å². The molecule has 4 heteroatoms. The number of aliphatic hydroxyl groups excluding tert-OH is 1. The van der Waals surface area contributed by atoms with Crippen molar-refractivity contribution in [3.63, 3.8) is 0 Å². The maximum absolute atomic E-state index is 9.41. The molecule has 1 aromatic rings. The van der Waals surface area contributed by atoms with E-state index in [1.807, 2.05) is 25.6 Å². The first-order valence-corrected chi connectivity index (χ1v) is 5.94. The Bertz CT molecular complexity index is 333. The predicted octanol–water partition coefficient (Wildman–Crippen LogP) is 1.29. The van der Waals surface area contributed by atoms with E-state index in [1.54, 1.807) is 0 Å². The number of rotatable bonds is 6. The summed E-state index contributed by atoms with van der Waals surface area (Å²) in [6.07, 6.45) is 1.46. The molecule has 0 radical (unpaired) electrons. The maximum atomic E-state index is 9.41. The number of aryl methyl sites for hydroxylation is 2. The zero-order valence-corrected chi connectivity index (χ0v) is 10.7. The number of nitrogens with zero attached hydrogens (tertiary/aromatic N) is 2. The number of hydrogen-bond acceptors (Lipinski definition) is 3. The quantitative estimate of drug-likeness (QED) is 0.717. The fourth-order valence-electron chi connectivity index (χ4n) is 1.76. The lowest BCUT2D eigenvalue weighted by Gasteiger charge is -2.08. The van der Waals surface area contributed by atoms with Crippen molar-refractivity contribution in [2.75, 3.05) is 6.54 Å². The van der Waals surface area contributed by atoms with Crippen molar-refractivity contribution in [1.82, 2.24) is 15.1 Å². The second kappa shape index (κ2) is 6.01. The summed E-state index contributed by atoms with van der Waals surface area (Å²) in [6, 6.07) is 0. The lowest BCUT2D eigenvalue weighted by molar-refractivity contribution is 0.159. The Morgan fingerprint density at radius 3 is 2.62 bits per heavy atom. The molecule has 0 bridgehead atoms. The molecule has 1 aromatic heterocycles. The fraction of sp³-hybridized carbons (Fsp3) is 0.750. The third kappa shape index (κ3) is 3.32. The van der Waals surface area contributed by atoms with Crippen LogP contribution in [0, 0.1) is 13.8 Å². The van der Waals surface area contributed by atoms with Gasteiger partial charge in [0.05, 0.1) is 11.8 Å². The number of aromatic nitrogens is 2. The van der Waals surface area contributed by atoms with E-state index in [9.17, 15) is 5.11 Å². The zero-order valence-electron chi connectivity index (χ0n) is 10.7. The van der Waals surface area contributed by atoms with E-state index in [2.05, 4.69) is 17.3 Å². The predicted molar refractivity (Wildman–Crippen MR) is 65.3 cm³/mol. The molecule has 0 fully saturated rings. The van der Waals surface area contributed by atoms with Crippen LogP contribution in [0.25, 0.3) is 0 Å². The molecule has 1 unspecified atom stereocenters. The summed E-state index contributed by atoms with van der Waals surface area (Å²) in [5.41, 5.74) is 3.57. The van der Waals surface area contributed by atoms with Gasteiger partial charge in [0, 0.05) is 24.8 Å². The van der Waals surface area contributed by atoms with Gasteiger partial charge < -0.3 is 10.4 Å². The van der Waals surface area contributed by atoms with Crippen molar-refractivity contribution in [1.29, 1.82) is 0 Å². The maximum Gasteiger partial charge on any atom is 0.0641 e. The first kappa shape index (κ1) is 13.2. The van der Waals surface area contributed by atoms with Crippen molar-refractivity contribution in [3.05, 3.63) is 17.0 Å². The molecule has 1 rings (SSSR count). The Morgan fingerprint density at radius 1 is 1.44 bits per heavy atom. The molecule has 0 aliphatic carbocycles. The molecular formula is C12H23N3O. The Labute approximate surface area is 97.7 Å². The van der Waals surface area contributed by atoms with Crippen LogP contribution in [0.1, 0.15) is 36.7 Å². The number of hydrogen-bond donors (Lipinski definition) is 2. The lowest BCUT2D eigenvalue weighted by Crippen LogP contribution is -2.20. The molecule has 0 amide bonds. The molecule has 16 heavy (non-hydrogen) atoms. The van der Waals surface area contributed by atoms with Gasteiger partial charge in [0.25, 0.3) is 0 Å². The molecule has 0 spiro atoms. The van der Waals surface area contributed by atoms with Crippen LogP contribution < -0.4 is 5.32 Å². The van der Waals surface area contributed by atoms with Crippen molar-refractivity contribution in [2.45, 2.75) is 46.3 Å². The molecule has 0 aliphatic heterocycles. The standard InChI is InChI=1S/C12H23N3O/c1-5-11(16)6-7-13-8-12-9(2)14-15(4)10(12)3/h11,13,16H,5-8H2,1-4H3. The first-order chi connectivity index (χ1) is 7.56. The molecule has 4 nitrogen and oxygen atoms in total. The summed E-state index contributed by atoms with van der Waals surface area (Å²) in [6.45, 7) is 7.80. The van der Waals surface area contributed by atoms with Gasteiger partial charge in [-0.15, -0.1) is 0 Å². The Kier molecular flexibility index (Phi) is 4.96. The Morgan fingerprint density at radius 2 is 2.12 bits per heavy atom. The average molecular weight is 225 g/mol. The number of aliphatic hydroxyl groups is 1. The van der Waals surface area contributed by atoms with Crippen molar-refractivity contribution in [3.8, 4) is 0 Å². The SMILES string of the molecule is CCC(O)CCNCc1c(C)nn(C)c1C. The molecule has 0 saturated carbocycles. The normalized spacial score (nSPS) is 13.1. The summed E-state index contributed by atoms with van der Waals surface area (Å²) < 4.78 is 1.91. The third-order valence-corrected chi connectivity index (χ3v) is 3.09. The largest absolute Gasteiger partial charge is 0.393 e. The van der Waals surface area contributed by atoms with Gasteiger partial charge in [0.2, 0.25) is 0 Å². The summed E-state index contributed by atoms with van der Waals surface area (Å²) in [4.78, 5) is 0. The van der Waals surface area contributed by atoms with Gasteiger partial charge in [-0.25, -0.2) is 0 Å². The highest BCUT2D eigenvalue weighted by molar-refractivity contribution is 5.23. The second-order valence-electron chi connectivity index (χ2n) is 4.30. The van der Waals surface area contributed by atoms with Crippen LogP contribution in [0.2, 0.25) is 0 Å². The number of nitrogens with one attached hydrogen (secondary N) is 1. The molecule has 1 heterocycles. The van der Waals surface area contributed by atoms with Gasteiger partial charge in [-0.1, -0.05) is 6.92 Å². The van der Waals surface area contributed by atoms with Gasteiger partial charge >= 0.3 is 0 Å². The van der Waals surface area contributed by atoms with Crippen LogP contribution in [-0.2, 0) is 13.6 Å². The molecule has 0 saturated heterocycles. The van der Waals surface area contributed by atoms with E-state index >= 15 is 0 Å². The third-order valence-electron chi connectivity index (χ3n) is 3.09. The van der Waals surface area contributed by atoms with E-state index in [4.69, 9.17) is 0 Å². The van der Waals surface area contributed by atoms with E-state index < -0.39 is 0 Å². The van der Waals surface area contributed by atoms with Gasteiger partial charge in [-0.3, -0.25) is 4.68 Å². The Hall–Kier alpha value is -0.870. The van der Waals surface area contributed by atoms with Crippen LogP contribution in [0.3, 0.4) is 0 Å². The van der Waals surface area contributed by atoms with E-state index in [0.29, 0.717) is 0 Å². The van der Waals surface area contributed by atoms with Gasteiger partial charge in [0.15, 0.2) is 0 Å². The van der Waals surface area contributed by atoms with E-state index in [1.165, 1.54) is 11.3 Å². The molecule has 92 valence electrons. The lowest BCUT2D eigenvalue weighted by atomic mass is 10.2. The molecule has 0 aromatic carbocycles. The van der Waals surface area contributed by atoms with Gasteiger partial charge in [-0.2, -0.15) is 5.10 Å². The molecule has 1 atom stereocenters. The summed E-state index contributed by atoms with van der Waals surface area (Å²) >= 11 is 0. The topological polar surface area (TPSA) is 50.1 Å². The monoisotopic (exact) mass is 225 g/mol. The summed E-state index contributed by atoms with van der Waals surface area (Å²) in [5.74, 6) is 0. The van der Waals surface area contributed by atoms with Gasteiger partial charge in [0.1, 0.15) is 0 Å². The van der Waals surface area contributed by atoms with Crippen molar-refractivity contribution in [2.24, 2.45) is 7.05 Å². The summed E-state index contributed by atoms with van der Waals surface area (Å²) in [5, 5.41) is 17.1. The van der Waals surface area contributed by atoms with Crippen molar-refractivity contribution >= 4 is 0 Å². The molecular weight excluding hydrogens is 202 g/mol. The van der Waals surface area contributed by atoms with Crippen LogP contribution in [0.15, 0.2) is 0 Å². The molecule has 0 aliphatic rings. The van der Waals surface area contributed by atoms with Gasteiger partial charge in [-0.05, 0) is 33.2 Å². The summed E-state index contributed by atoms with van der Waals surface area (Å²) in [7, 11) is 1.96. The first-order valence-electron chi connectivity index (χ1n) is 5.94. The zero-order chi connectivity index (χ0) is 12.1. The average Bonchev–Trinajstić information content (AvgIpc) is 2.49. The highest BCUT2D eigenvalue weighted by Crippen LogP contribution is 2.11. The Balaban J connectivity index is 2.37. The fourth-order valence-corrected chi connectivity index (χ4v) is 1.76. The van der Waals surface area contributed by atoms with Crippen LogP contribution in [-0.4, -0.2) is 27.5 Å². The van der Waals surface area contributed by atoms with Crippen LogP contribution >= 0.6 is 0 Å². The second-order valence-corrected chi connectivity index (χ2v) is 4.30. The minimum Gasteiger partial charge on any atom is -0.393 e. The minimum atomic E-state index is -0.177. The van der Waals surface area contributed by atoms with E-state index in [-0.39, 0.29) is 6.10 Å². The van der Waals surface area contributed by atoms with E-state index in [0.717, 1.165) is 31.6 Å². The van der Waals surface area contributed by atoms with Crippen molar-refractivity contribution < 1.29 is 5.11 Å². The minimum absolute atomic E-state index is 0.177. The highest BCUT2D eigenvalue weighted by atomic mass is 16.3. The highest BCUT2D eigenvalue weighted by Gasteiger charge is 2.08.